The SMILES string of the molecule is OCc1n[nH]c(=S)n1-c1cccc2cccnc12. The molecule has 0 unspecified atom stereocenters. The number of nitrogens with zero attached hydrogens (tertiary/aromatic N) is 3. The summed E-state index contributed by atoms with van der Waals surface area (Å²) in [7, 11) is 0. The summed E-state index contributed by atoms with van der Waals surface area (Å²) in [4.78, 5) is 4.36. The molecule has 18 heavy (non-hydrogen) atoms. The molecule has 2 heterocycles. The van der Waals surface area contributed by atoms with Crippen LogP contribution >= 0.6 is 12.2 Å². The topological polar surface area (TPSA) is 66.7 Å². The van der Waals surface area contributed by atoms with Crippen molar-refractivity contribution in [2.75, 3.05) is 0 Å². The number of nitrogens with one attached hydrogen (secondary N) is 1. The van der Waals surface area contributed by atoms with E-state index in [2.05, 4.69) is 15.2 Å². The molecule has 3 rings (SSSR count). The lowest BCUT2D eigenvalue weighted by atomic mass is 10.2. The van der Waals surface area contributed by atoms with Gasteiger partial charge in [0.15, 0.2) is 10.6 Å². The number of para-hydroxylation sites is 1. The second-order valence-corrected chi connectivity index (χ2v) is 4.18. The van der Waals surface area contributed by atoms with E-state index in [1.165, 1.54) is 0 Å². The number of fused-ring (bicyclic) bond motifs is 1. The third-order valence-electron chi connectivity index (χ3n) is 2.74. The molecule has 0 saturated carbocycles. The number of aliphatic hydroxyl groups excluding tert-OH is 1. The zero-order valence-electron chi connectivity index (χ0n) is 9.37. The van der Waals surface area contributed by atoms with Crippen LogP contribution in [0.4, 0.5) is 0 Å². The lowest BCUT2D eigenvalue weighted by Crippen LogP contribution is -2.02. The van der Waals surface area contributed by atoms with Crippen LogP contribution in [0.3, 0.4) is 0 Å². The summed E-state index contributed by atoms with van der Waals surface area (Å²) < 4.78 is 2.14. The van der Waals surface area contributed by atoms with Crippen molar-refractivity contribution in [1.82, 2.24) is 19.7 Å². The van der Waals surface area contributed by atoms with Gasteiger partial charge in [-0.15, -0.1) is 0 Å². The van der Waals surface area contributed by atoms with E-state index >= 15 is 0 Å². The molecule has 0 aliphatic rings. The molecule has 3 aromatic rings. The van der Waals surface area contributed by atoms with Gasteiger partial charge in [-0.05, 0) is 24.4 Å². The average molecular weight is 258 g/mol. The predicted octanol–water partition coefficient (Wildman–Crippen LogP) is 1.97. The van der Waals surface area contributed by atoms with Crippen LogP contribution < -0.4 is 0 Å². The summed E-state index contributed by atoms with van der Waals surface area (Å²) in [5.41, 5.74) is 1.64. The van der Waals surface area contributed by atoms with Crippen molar-refractivity contribution < 1.29 is 5.11 Å². The zero-order chi connectivity index (χ0) is 12.5. The fourth-order valence-electron chi connectivity index (χ4n) is 1.95. The molecule has 90 valence electrons. The van der Waals surface area contributed by atoms with Crippen molar-refractivity contribution in [2.24, 2.45) is 0 Å². The normalized spacial score (nSPS) is 10.9. The molecule has 5 nitrogen and oxygen atoms in total. The van der Waals surface area contributed by atoms with E-state index in [1.807, 2.05) is 30.3 Å². The highest BCUT2D eigenvalue weighted by molar-refractivity contribution is 7.71. The highest BCUT2D eigenvalue weighted by Crippen LogP contribution is 2.21. The van der Waals surface area contributed by atoms with Gasteiger partial charge in [-0.1, -0.05) is 18.2 Å². The van der Waals surface area contributed by atoms with E-state index in [1.54, 1.807) is 10.8 Å². The molecule has 0 spiro atoms. The molecule has 6 heteroatoms. The first-order chi connectivity index (χ1) is 8.81. The first-order valence-corrected chi connectivity index (χ1v) is 5.83. The second kappa shape index (κ2) is 4.32. The van der Waals surface area contributed by atoms with Crippen molar-refractivity contribution in [2.45, 2.75) is 6.61 Å². The molecule has 0 radical (unpaired) electrons. The maximum Gasteiger partial charge on any atom is 0.200 e. The van der Waals surface area contributed by atoms with Gasteiger partial charge < -0.3 is 5.11 Å². The Labute approximate surface area is 108 Å². The zero-order valence-corrected chi connectivity index (χ0v) is 10.2. The number of H-pyrrole nitrogens is 1. The summed E-state index contributed by atoms with van der Waals surface area (Å²) in [6.07, 6.45) is 1.73. The monoisotopic (exact) mass is 258 g/mol. The Kier molecular flexibility index (Phi) is 2.66. The van der Waals surface area contributed by atoms with Crippen LogP contribution in [-0.2, 0) is 6.61 Å². The van der Waals surface area contributed by atoms with Gasteiger partial charge in [0, 0.05) is 11.6 Å². The van der Waals surface area contributed by atoms with Crippen molar-refractivity contribution in [3.8, 4) is 5.69 Å². The van der Waals surface area contributed by atoms with Crippen LogP contribution in [0.1, 0.15) is 5.82 Å². The van der Waals surface area contributed by atoms with Gasteiger partial charge in [-0.2, -0.15) is 5.10 Å². The van der Waals surface area contributed by atoms with E-state index in [0.29, 0.717) is 10.6 Å². The molecule has 0 atom stereocenters. The third kappa shape index (κ3) is 1.62. The summed E-state index contributed by atoms with van der Waals surface area (Å²) in [5.74, 6) is 0.471. The summed E-state index contributed by atoms with van der Waals surface area (Å²) in [6.45, 7) is -0.184. The summed E-state index contributed by atoms with van der Waals surface area (Å²) in [6, 6.07) is 9.67. The van der Waals surface area contributed by atoms with Crippen molar-refractivity contribution >= 4 is 23.1 Å². The highest BCUT2D eigenvalue weighted by Gasteiger charge is 2.10. The Morgan fingerprint density at radius 3 is 2.94 bits per heavy atom. The Morgan fingerprint density at radius 2 is 2.11 bits per heavy atom. The van der Waals surface area contributed by atoms with E-state index in [-0.39, 0.29) is 6.61 Å². The van der Waals surface area contributed by atoms with Gasteiger partial charge in [0.25, 0.3) is 0 Å². The average Bonchev–Trinajstić information content (AvgIpc) is 2.79. The Hall–Kier alpha value is -2.05. The molecular weight excluding hydrogens is 248 g/mol. The minimum atomic E-state index is -0.184. The maximum absolute atomic E-state index is 9.30. The number of aromatic amines is 1. The molecule has 0 bridgehead atoms. The van der Waals surface area contributed by atoms with Crippen LogP contribution in [0.2, 0.25) is 0 Å². The minimum Gasteiger partial charge on any atom is -0.388 e. The number of pyridine rings is 1. The van der Waals surface area contributed by atoms with E-state index in [0.717, 1.165) is 16.6 Å². The first-order valence-electron chi connectivity index (χ1n) is 5.42. The van der Waals surface area contributed by atoms with Gasteiger partial charge in [0.05, 0.1) is 11.2 Å². The quantitative estimate of drug-likeness (QED) is 0.690. The fourth-order valence-corrected chi connectivity index (χ4v) is 2.20. The Balaban J connectivity index is 2.38. The number of hydrogen-bond donors (Lipinski definition) is 2. The number of aliphatic hydroxyl groups is 1. The van der Waals surface area contributed by atoms with E-state index < -0.39 is 0 Å². The maximum atomic E-state index is 9.30. The second-order valence-electron chi connectivity index (χ2n) is 3.79. The van der Waals surface area contributed by atoms with Crippen LogP contribution in [0.15, 0.2) is 36.5 Å². The molecule has 1 aromatic carbocycles. The summed E-state index contributed by atoms with van der Waals surface area (Å²) >= 11 is 5.19. The van der Waals surface area contributed by atoms with Gasteiger partial charge in [0.2, 0.25) is 0 Å². The van der Waals surface area contributed by atoms with Crippen molar-refractivity contribution in [3.63, 3.8) is 0 Å². The first kappa shape index (κ1) is 11.1. The minimum absolute atomic E-state index is 0.184. The molecule has 2 N–H and O–H groups in total. The van der Waals surface area contributed by atoms with Crippen molar-refractivity contribution in [1.29, 1.82) is 0 Å². The lowest BCUT2D eigenvalue weighted by Gasteiger charge is -2.07. The number of hydrogen-bond acceptors (Lipinski definition) is 4. The van der Waals surface area contributed by atoms with E-state index in [4.69, 9.17) is 12.2 Å². The van der Waals surface area contributed by atoms with Crippen LogP contribution in [0.5, 0.6) is 0 Å². The van der Waals surface area contributed by atoms with Gasteiger partial charge in [-0.25, -0.2) is 0 Å². The largest absolute Gasteiger partial charge is 0.388 e. The Morgan fingerprint density at radius 1 is 1.28 bits per heavy atom. The van der Waals surface area contributed by atoms with Crippen LogP contribution in [0.25, 0.3) is 16.6 Å². The molecule has 0 saturated heterocycles. The van der Waals surface area contributed by atoms with Gasteiger partial charge in [-0.3, -0.25) is 14.6 Å². The van der Waals surface area contributed by atoms with Gasteiger partial charge >= 0.3 is 0 Å². The standard InChI is InChI=1S/C12H10N4OS/c17-7-10-14-15-12(18)16(10)9-5-1-3-8-4-2-6-13-11(8)9/h1-6,17H,7H2,(H,15,18). The molecule has 0 aliphatic carbocycles. The summed E-state index contributed by atoms with van der Waals surface area (Å²) in [5, 5.41) is 17.0. The number of aromatic nitrogens is 4. The van der Waals surface area contributed by atoms with Crippen LogP contribution in [0, 0.1) is 4.77 Å². The number of benzene rings is 1. The highest BCUT2D eigenvalue weighted by atomic mass is 32.1. The molecule has 2 aromatic heterocycles. The smallest absolute Gasteiger partial charge is 0.200 e. The number of rotatable bonds is 2. The molecule has 0 amide bonds. The van der Waals surface area contributed by atoms with Gasteiger partial charge in [0.1, 0.15) is 6.61 Å². The predicted molar refractivity (Wildman–Crippen MR) is 70.0 cm³/mol. The van der Waals surface area contributed by atoms with E-state index in [9.17, 15) is 5.11 Å². The van der Waals surface area contributed by atoms with Crippen molar-refractivity contribution in [3.05, 3.63) is 47.1 Å². The third-order valence-corrected chi connectivity index (χ3v) is 3.01. The molecule has 0 aliphatic heterocycles. The molecular formula is C12H10N4OS. The fraction of sp³-hybridized carbons (Fsp3) is 0.0833. The Bertz CT molecular complexity index is 757. The molecule has 0 fully saturated rings. The lowest BCUT2D eigenvalue weighted by molar-refractivity contribution is 0.269. The van der Waals surface area contributed by atoms with Crippen LogP contribution in [-0.4, -0.2) is 24.9 Å².